The highest BCUT2D eigenvalue weighted by Gasteiger charge is 2.44. The van der Waals surface area contributed by atoms with Crippen molar-refractivity contribution < 1.29 is 44.8 Å². The topological polar surface area (TPSA) is 149 Å². The van der Waals surface area contributed by atoms with Crippen molar-refractivity contribution in [2.75, 3.05) is 13.2 Å². The molecule has 2 rings (SSSR count). The average Bonchev–Trinajstić information content (AvgIpc) is 2.63. The average molecular weight is 282 g/mol. The van der Waals surface area contributed by atoms with E-state index >= 15 is 0 Å². The first-order chi connectivity index (χ1) is 8.91. The Morgan fingerprint density at radius 2 is 1.58 bits per heavy atom. The van der Waals surface area contributed by atoms with E-state index < -0.39 is 49.2 Å². The van der Waals surface area contributed by atoms with Crippen molar-refractivity contribution in [2.24, 2.45) is 0 Å². The highest BCUT2D eigenvalue weighted by Crippen LogP contribution is 2.22. The number of hydrogen-bond acceptors (Lipinski definition) is 9. The highest BCUT2D eigenvalue weighted by atomic mass is 16.7. The van der Waals surface area contributed by atoms with Crippen LogP contribution in [0, 0.1) is 0 Å². The van der Waals surface area contributed by atoms with E-state index in [0.29, 0.717) is 0 Å². The first-order valence-corrected chi connectivity index (χ1v) is 5.89. The van der Waals surface area contributed by atoms with Crippen LogP contribution in [0.1, 0.15) is 0 Å². The molecule has 2 saturated heterocycles. The molecule has 0 unspecified atom stereocenters. The summed E-state index contributed by atoms with van der Waals surface area (Å²) in [4.78, 5) is 0. The molecule has 8 atom stereocenters. The lowest BCUT2D eigenvalue weighted by atomic mass is 10.1. The van der Waals surface area contributed by atoms with Gasteiger partial charge in [-0.2, -0.15) is 0 Å². The summed E-state index contributed by atoms with van der Waals surface area (Å²) in [5.74, 6) is 0. The van der Waals surface area contributed by atoms with Gasteiger partial charge in [0.25, 0.3) is 0 Å². The van der Waals surface area contributed by atoms with Crippen LogP contribution >= 0.6 is 0 Å². The van der Waals surface area contributed by atoms with Crippen molar-refractivity contribution in [3.63, 3.8) is 0 Å². The van der Waals surface area contributed by atoms with Gasteiger partial charge in [0.15, 0.2) is 12.6 Å². The van der Waals surface area contributed by atoms with Crippen LogP contribution in [0.4, 0.5) is 0 Å². The molecule has 2 fully saturated rings. The Balaban J connectivity index is 1.83. The van der Waals surface area contributed by atoms with E-state index in [1.54, 1.807) is 0 Å². The molecule has 0 aromatic rings. The maximum atomic E-state index is 9.59. The molecule has 0 spiro atoms. The summed E-state index contributed by atoms with van der Waals surface area (Å²) in [7, 11) is 0. The van der Waals surface area contributed by atoms with E-state index in [0.717, 1.165) is 0 Å². The molecule has 0 aromatic carbocycles. The van der Waals surface area contributed by atoms with Gasteiger partial charge in [0.2, 0.25) is 0 Å². The summed E-state index contributed by atoms with van der Waals surface area (Å²) in [6.45, 7) is -0.470. The fourth-order valence-electron chi connectivity index (χ4n) is 1.98. The summed E-state index contributed by atoms with van der Waals surface area (Å²) >= 11 is 0. The third-order valence-electron chi connectivity index (χ3n) is 3.22. The number of aliphatic hydroxyl groups excluding tert-OH is 6. The normalized spacial score (nSPS) is 51.5. The van der Waals surface area contributed by atoms with E-state index in [1.165, 1.54) is 0 Å². The van der Waals surface area contributed by atoms with Gasteiger partial charge >= 0.3 is 0 Å². The van der Waals surface area contributed by atoms with Crippen LogP contribution in [0.5, 0.6) is 0 Å². The largest absolute Gasteiger partial charge is 0.388 e. The molecule has 0 radical (unpaired) electrons. The van der Waals surface area contributed by atoms with Gasteiger partial charge in [0.1, 0.15) is 36.6 Å². The third-order valence-corrected chi connectivity index (χ3v) is 3.22. The third kappa shape index (κ3) is 3.05. The molecule has 0 bridgehead atoms. The number of aliphatic hydroxyl groups is 6. The van der Waals surface area contributed by atoms with Crippen LogP contribution in [-0.4, -0.2) is 93.1 Å². The van der Waals surface area contributed by atoms with Gasteiger partial charge in [-0.15, -0.1) is 0 Å². The van der Waals surface area contributed by atoms with Gasteiger partial charge in [-0.3, -0.25) is 0 Å². The molecule has 0 amide bonds. The van der Waals surface area contributed by atoms with Crippen LogP contribution in [-0.2, 0) is 14.2 Å². The van der Waals surface area contributed by atoms with Crippen LogP contribution < -0.4 is 0 Å². The molecule has 6 N–H and O–H groups in total. The maximum absolute atomic E-state index is 9.59. The van der Waals surface area contributed by atoms with Crippen molar-refractivity contribution in [1.29, 1.82) is 0 Å². The lowest BCUT2D eigenvalue weighted by molar-refractivity contribution is -0.278. The number of rotatable bonds is 3. The van der Waals surface area contributed by atoms with E-state index in [1.807, 2.05) is 0 Å². The summed E-state index contributed by atoms with van der Waals surface area (Å²) in [6, 6.07) is 0. The molecule has 19 heavy (non-hydrogen) atoms. The minimum Gasteiger partial charge on any atom is -0.388 e. The Hall–Kier alpha value is -0.360. The lowest BCUT2D eigenvalue weighted by Crippen LogP contribution is -2.54. The molecule has 0 aliphatic carbocycles. The Morgan fingerprint density at radius 1 is 0.895 bits per heavy atom. The zero-order chi connectivity index (χ0) is 14.2. The van der Waals surface area contributed by atoms with Crippen molar-refractivity contribution in [1.82, 2.24) is 0 Å². The second kappa shape index (κ2) is 5.95. The molecule has 0 saturated carbocycles. The van der Waals surface area contributed by atoms with Crippen molar-refractivity contribution in [3.8, 4) is 0 Å². The monoisotopic (exact) mass is 282 g/mol. The van der Waals surface area contributed by atoms with Crippen molar-refractivity contribution >= 4 is 0 Å². The molecule has 9 heteroatoms. The first-order valence-electron chi connectivity index (χ1n) is 5.89. The lowest BCUT2D eigenvalue weighted by Gasteiger charge is -2.35. The smallest absolute Gasteiger partial charge is 0.186 e. The minimum absolute atomic E-state index is 0.206. The minimum atomic E-state index is -1.51. The van der Waals surface area contributed by atoms with Gasteiger partial charge < -0.3 is 44.8 Å². The van der Waals surface area contributed by atoms with Gasteiger partial charge in [-0.1, -0.05) is 0 Å². The molecule has 9 nitrogen and oxygen atoms in total. The Labute approximate surface area is 108 Å². The summed E-state index contributed by atoms with van der Waals surface area (Å²) in [6.07, 6.45) is -10.5. The SMILES string of the molecule is O[C@@H]1[C@@H](O)[C@@H](OC[C@@H]2O[C@@H](O)[C@H](O)[C@H]2O)OC[C@H]1O. The van der Waals surface area contributed by atoms with Gasteiger partial charge in [0.05, 0.1) is 13.2 Å². The van der Waals surface area contributed by atoms with Gasteiger partial charge in [0, 0.05) is 0 Å². The van der Waals surface area contributed by atoms with Crippen LogP contribution in [0.15, 0.2) is 0 Å². The number of hydrogen-bond donors (Lipinski definition) is 6. The van der Waals surface area contributed by atoms with E-state index in [2.05, 4.69) is 0 Å². The zero-order valence-corrected chi connectivity index (χ0v) is 9.94. The first kappa shape index (κ1) is 15.0. The predicted molar refractivity (Wildman–Crippen MR) is 56.6 cm³/mol. The fraction of sp³-hybridized carbons (Fsp3) is 1.00. The Bertz CT molecular complexity index is 301. The number of ether oxygens (including phenoxy) is 3. The van der Waals surface area contributed by atoms with E-state index in [4.69, 9.17) is 19.3 Å². The van der Waals surface area contributed by atoms with Crippen LogP contribution in [0.25, 0.3) is 0 Å². The second-order valence-electron chi connectivity index (χ2n) is 4.63. The van der Waals surface area contributed by atoms with E-state index in [-0.39, 0.29) is 13.2 Å². The Morgan fingerprint density at radius 3 is 2.16 bits per heavy atom. The van der Waals surface area contributed by atoms with Crippen LogP contribution in [0.2, 0.25) is 0 Å². The predicted octanol–water partition coefficient (Wildman–Crippen LogP) is -4.12. The van der Waals surface area contributed by atoms with Crippen molar-refractivity contribution in [2.45, 2.75) is 49.2 Å². The van der Waals surface area contributed by atoms with E-state index in [9.17, 15) is 25.5 Å². The summed E-state index contributed by atoms with van der Waals surface area (Å²) in [5, 5.41) is 56.2. The van der Waals surface area contributed by atoms with Crippen LogP contribution in [0.3, 0.4) is 0 Å². The fourth-order valence-corrected chi connectivity index (χ4v) is 1.98. The van der Waals surface area contributed by atoms with Gasteiger partial charge in [-0.25, -0.2) is 0 Å². The molecular formula is C10H18O9. The summed E-state index contributed by atoms with van der Waals surface area (Å²) in [5.41, 5.74) is 0. The molecule has 2 aliphatic rings. The Kier molecular flexibility index (Phi) is 4.71. The van der Waals surface area contributed by atoms with Crippen molar-refractivity contribution in [3.05, 3.63) is 0 Å². The highest BCUT2D eigenvalue weighted by molar-refractivity contribution is 4.87. The second-order valence-corrected chi connectivity index (χ2v) is 4.63. The standard InChI is InChI=1S/C10H18O9/c11-3-1-17-10(8(15)5(3)12)18-2-4-6(13)7(14)9(16)19-4/h3-16H,1-2H2/t3-,4+,5+,6+,7-,8-,9-,10-/m1/s1. The zero-order valence-electron chi connectivity index (χ0n) is 9.94. The molecule has 2 heterocycles. The molecule has 0 aromatic heterocycles. The summed E-state index contributed by atoms with van der Waals surface area (Å²) < 4.78 is 14.9. The quantitative estimate of drug-likeness (QED) is 0.303. The maximum Gasteiger partial charge on any atom is 0.186 e. The van der Waals surface area contributed by atoms with Gasteiger partial charge in [-0.05, 0) is 0 Å². The molecular weight excluding hydrogens is 264 g/mol. The molecule has 112 valence electrons. The molecule has 2 aliphatic heterocycles.